The van der Waals surface area contributed by atoms with Crippen LogP contribution >= 0.6 is 34.4 Å². The maximum absolute atomic E-state index is 12.9. The first-order valence-corrected chi connectivity index (χ1v) is 11.0. The molecule has 4 heterocycles. The SMILES string of the molecule is N#Cc1cccnc1SCC(=O)N1N=C(c2cccs2)C[C@H]1c1cccs1. The Morgan fingerprint density at radius 2 is 2.11 bits per heavy atom. The van der Waals surface area contributed by atoms with E-state index >= 15 is 0 Å². The highest BCUT2D eigenvalue weighted by atomic mass is 32.2. The molecule has 134 valence electrons. The molecule has 0 saturated heterocycles. The third kappa shape index (κ3) is 3.81. The fourth-order valence-electron chi connectivity index (χ4n) is 2.82. The Morgan fingerprint density at radius 1 is 1.26 bits per heavy atom. The molecule has 8 heteroatoms. The van der Waals surface area contributed by atoms with Crippen LogP contribution in [0, 0.1) is 11.3 Å². The van der Waals surface area contributed by atoms with Gasteiger partial charge in [-0.2, -0.15) is 10.4 Å². The minimum atomic E-state index is -0.0838. The van der Waals surface area contributed by atoms with Crippen molar-refractivity contribution in [3.05, 3.63) is 68.7 Å². The molecule has 1 aliphatic rings. The largest absolute Gasteiger partial charge is 0.272 e. The van der Waals surface area contributed by atoms with Crippen molar-refractivity contribution in [2.24, 2.45) is 5.10 Å². The van der Waals surface area contributed by atoms with Gasteiger partial charge in [-0.3, -0.25) is 4.79 Å². The average Bonchev–Trinajstić information content (AvgIpc) is 3.46. The summed E-state index contributed by atoms with van der Waals surface area (Å²) in [6, 6.07) is 13.5. The molecule has 0 saturated carbocycles. The lowest BCUT2D eigenvalue weighted by Gasteiger charge is -2.20. The number of thioether (sulfide) groups is 1. The fourth-order valence-corrected chi connectivity index (χ4v) is 5.15. The van der Waals surface area contributed by atoms with Gasteiger partial charge in [0.25, 0.3) is 5.91 Å². The van der Waals surface area contributed by atoms with Gasteiger partial charge >= 0.3 is 0 Å². The van der Waals surface area contributed by atoms with Crippen molar-refractivity contribution in [1.29, 1.82) is 5.26 Å². The highest BCUT2D eigenvalue weighted by molar-refractivity contribution is 7.99. The minimum absolute atomic E-state index is 0.0747. The standard InChI is InChI=1S/C19H14N4OS3/c20-11-13-4-1-7-21-19(13)27-12-18(24)23-15(17-6-3-9-26-17)10-14(22-23)16-5-2-8-25-16/h1-9,15H,10,12H2/t15-/m0/s1. The molecule has 1 amide bonds. The van der Waals surface area contributed by atoms with Gasteiger partial charge in [0.2, 0.25) is 0 Å². The topological polar surface area (TPSA) is 69.3 Å². The van der Waals surface area contributed by atoms with Crippen molar-refractivity contribution < 1.29 is 4.79 Å². The molecule has 4 rings (SSSR count). The highest BCUT2D eigenvalue weighted by Gasteiger charge is 2.34. The van der Waals surface area contributed by atoms with Gasteiger partial charge in [-0.1, -0.05) is 23.9 Å². The maximum Gasteiger partial charge on any atom is 0.253 e. The molecule has 0 bridgehead atoms. The molecule has 1 aliphatic heterocycles. The van der Waals surface area contributed by atoms with Crippen LogP contribution in [-0.4, -0.2) is 27.4 Å². The van der Waals surface area contributed by atoms with Gasteiger partial charge in [0, 0.05) is 17.5 Å². The number of hydrogen-bond donors (Lipinski definition) is 0. The second-order valence-electron chi connectivity index (χ2n) is 5.75. The number of thiophene rings is 2. The highest BCUT2D eigenvalue weighted by Crippen LogP contribution is 2.36. The number of carbonyl (C=O) groups excluding carboxylic acids is 1. The second-order valence-corrected chi connectivity index (χ2v) is 8.65. The number of nitriles is 1. The monoisotopic (exact) mass is 410 g/mol. The summed E-state index contributed by atoms with van der Waals surface area (Å²) >= 11 is 4.54. The van der Waals surface area contributed by atoms with E-state index in [-0.39, 0.29) is 17.7 Å². The first-order valence-electron chi connectivity index (χ1n) is 8.21. The first kappa shape index (κ1) is 17.9. The van der Waals surface area contributed by atoms with Crippen LogP contribution < -0.4 is 0 Å². The van der Waals surface area contributed by atoms with E-state index < -0.39 is 0 Å². The molecule has 1 atom stereocenters. The van der Waals surface area contributed by atoms with E-state index in [1.165, 1.54) is 11.8 Å². The number of aromatic nitrogens is 1. The Hall–Kier alpha value is -2.47. The Kier molecular flexibility index (Phi) is 5.34. The molecule has 5 nitrogen and oxygen atoms in total. The molecule has 0 aliphatic carbocycles. The smallest absolute Gasteiger partial charge is 0.253 e. The molecule has 0 N–H and O–H groups in total. The number of hydrazone groups is 1. The van der Waals surface area contributed by atoms with Crippen LogP contribution in [0.2, 0.25) is 0 Å². The number of carbonyl (C=O) groups is 1. The number of nitrogens with zero attached hydrogens (tertiary/aromatic N) is 4. The molecule has 3 aromatic heterocycles. The lowest BCUT2D eigenvalue weighted by Crippen LogP contribution is -2.28. The van der Waals surface area contributed by atoms with Gasteiger partial charge in [-0.15, -0.1) is 22.7 Å². The van der Waals surface area contributed by atoms with Crippen molar-refractivity contribution in [1.82, 2.24) is 9.99 Å². The van der Waals surface area contributed by atoms with E-state index in [0.717, 1.165) is 15.5 Å². The van der Waals surface area contributed by atoms with Crippen LogP contribution in [0.3, 0.4) is 0 Å². The Bertz CT molecular complexity index is 1010. The van der Waals surface area contributed by atoms with Gasteiger partial charge < -0.3 is 0 Å². The molecule has 0 fully saturated rings. The Morgan fingerprint density at radius 3 is 2.85 bits per heavy atom. The summed E-state index contributed by atoms with van der Waals surface area (Å²) in [5.74, 6) is 0.105. The van der Waals surface area contributed by atoms with Crippen LogP contribution in [0.25, 0.3) is 0 Å². The van der Waals surface area contributed by atoms with Crippen molar-refractivity contribution in [3.8, 4) is 6.07 Å². The first-order chi connectivity index (χ1) is 13.3. The van der Waals surface area contributed by atoms with Gasteiger partial charge in [0.15, 0.2) is 0 Å². The molecule has 0 radical (unpaired) electrons. The van der Waals surface area contributed by atoms with Crippen molar-refractivity contribution in [3.63, 3.8) is 0 Å². The third-order valence-corrected chi connectivity index (χ3v) is 6.95. The van der Waals surface area contributed by atoms with Crippen LogP contribution in [0.1, 0.15) is 27.8 Å². The lowest BCUT2D eigenvalue weighted by atomic mass is 10.1. The second kappa shape index (κ2) is 8.05. The number of pyridine rings is 1. The Balaban J connectivity index is 1.55. The average molecular weight is 411 g/mol. The van der Waals surface area contributed by atoms with Crippen molar-refractivity contribution >= 4 is 46.1 Å². The summed E-state index contributed by atoms with van der Waals surface area (Å²) in [6.07, 6.45) is 2.34. The van der Waals surface area contributed by atoms with E-state index in [0.29, 0.717) is 17.0 Å². The molecule has 0 unspecified atom stereocenters. The van der Waals surface area contributed by atoms with E-state index in [2.05, 4.69) is 16.2 Å². The Labute approximate surface area is 169 Å². The predicted molar refractivity (Wildman–Crippen MR) is 109 cm³/mol. The molecular weight excluding hydrogens is 396 g/mol. The summed E-state index contributed by atoms with van der Waals surface area (Å²) < 4.78 is 0. The summed E-state index contributed by atoms with van der Waals surface area (Å²) in [6.45, 7) is 0. The number of rotatable bonds is 5. The zero-order chi connectivity index (χ0) is 18.6. The van der Waals surface area contributed by atoms with Crippen LogP contribution in [0.15, 0.2) is 63.5 Å². The summed E-state index contributed by atoms with van der Waals surface area (Å²) in [5.41, 5.74) is 1.42. The van der Waals surface area contributed by atoms with Crippen LogP contribution in [0.4, 0.5) is 0 Å². The van der Waals surface area contributed by atoms with Gasteiger partial charge in [-0.05, 0) is 35.0 Å². The van der Waals surface area contributed by atoms with Crippen molar-refractivity contribution in [2.75, 3.05) is 5.75 Å². The zero-order valence-electron chi connectivity index (χ0n) is 14.1. The molecule has 3 aromatic rings. The zero-order valence-corrected chi connectivity index (χ0v) is 16.6. The molecule has 0 spiro atoms. The third-order valence-electron chi connectivity index (χ3n) is 4.07. The molecule has 0 aromatic carbocycles. The van der Waals surface area contributed by atoms with Crippen LogP contribution in [-0.2, 0) is 4.79 Å². The van der Waals surface area contributed by atoms with Crippen LogP contribution in [0.5, 0.6) is 0 Å². The van der Waals surface area contributed by atoms with Gasteiger partial charge in [-0.25, -0.2) is 9.99 Å². The summed E-state index contributed by atoms with van der Waals surface area (Å²) in [5, 5.41) is 20.0. The molecule has 27 heavy (non-hydrogen) atoms. The lowest BCUT2D eigenvalue weighted by molar-refractivity contribution is -0.130. The fraction of sp³-hybridized carbons (Fsp3) is 0.158. The quantitative estimate of drug-likeness (QED) is 0.579. The number of amides is 1. The van der Waals surface area contributed by atoms with Gasteiger partial charge in [0.1, 0.15) is 11.1 Å². The van der Waals surface area contributed by atoms with E-state index in [9.17, 15) is 10.1 Å². The summed E-state index contributed by atoms with van der Waals surface area (Å²) in [7, 11) is 0. The predicted octanol–water partition coefficient (Wildman–Crippen LogP) is 4.55. The summed E-state index contributed by atoms with van der Waals surface area (Å²) in [4.78, 5) is 19.4. The van der Waals surface area contributed by atoms with E-state index in [1.54, 1.807) is 46.0 Å². The van der Waals surface area contributed by atoms with E-state index in [1.807, 2.05) is 35.0 Å². The van der Waals surface area contributed by atoms with Gasteiger partial charge in [0.05, 0.1) is 27.9 Å². The van der Waals surface area contributed by atoms with E-state index in [4.69, 9.17) is 0 Å². The number of hydrogen-bond acceptors (Lipinski definition) is 7. The normalized spacial score (nSPS) is 16.2. The molecular formula is C19H14N4OS3. The maximum atomic E-state index is 12.9. The minimum Gasteiger partial charge on any atom is -0.272 e. The van der Waals surface area contributed by atoms with Crippen molar-refractivity contribution in [2.45, 2.75) is 17.5 Å².